The number of amides is 1. The molecule has 0 bridgehead atoms. The molecule has 18 heavy (non-hydrogen) atoms. The maximum atomic E-state index is 11.1. The summed E-state index contributed by atoms with van der Waals surface area (Å²) in [6.07, 6.45) is 0.492. The van der Waals surface area contributed by atoms with Gasteiger partial charge in [-0.2, -0.15) is 5.26 Å². The van der Waals surface area contributed by atoms with Crippen molar-refractivity contribution in [2.75, 3.05) is 13.7 Å². The highest BCUT2D eigenvalue weighted by atomic mass is 35.5. The van der Waals surface area contributed by atoms with Crippen molar-refractivity contribution in [2.24, 2.45) is 0 Å². The van der Waals surface area contributed by atoms with Crippen molar-refractivity contribution in [2.45, 2.75) is 19.8 Å². The van der Waals surface area contributed by atoms with Crippen LogP contribution in [0.1, 0.15) is 17.5 Å². The van der Waals surface area contributed by atoms with Gasteiger partial charge >= 0.3 is 0 Å². The van der Waals surface area contributed by atoms with Crippen molar-refractivity contribution in [3.05, 3.63) is 28.3 Å². The number of aryl methyl sites for hydroxylation is 1. The molecule has 5 heteroatoms. The fourth-order valence-corrected chi connectivity index (χ4v) is 1.74. The fraction of sp³-hybridized carbons (Fsp3) is 0.385. The van der Waals surface area contributed by atoms with Gasteiger partial charge in [0.15, 0.2) is 0 Å². The second-order valence-corrected chi connectivity index (χ2v) is 4.26. The Labute approximate surface area is 112 Å². The van der Waals surface area contributed by atoms with E-state index in [1.165, 1.54) is 0 Å². The minimum atomic E-state index is -0.269. The normalized spacial score (nSPS) is 9.67. The number of nitrogens with zero attached hydrogens (tertiary/aromatic N) is 1. The van der Waals surface area contributed by atoms with Crippen LogP contribution in [0.2, 0.25) is 5.02 Å². The maximum Gasteiger partial charge on any atom is 0.234 e. The van der Waals surface area contributed by atoms with Gasteiger partial charge in [-0.05, 0) is 36.6 Å². The highest BCUT2D eigenvalue weighted by Gasteiger charge is 2.07. The highest BCUT2D eigenvalue weighted by Crippen LogP contribution is 2.26. The zero-order valence-electron chi connectivity index (χ0n) is 10.4. The molecule has 0 atom stereocenters. The molecule has 0 saturated carbocycles. The van der Waals surface area contributed by atoms with Gasteiger partial charge in [0.05, 0.1) is 13.2 Å². The van der Waals surface area contributed by atoms with Crippen molar-refractivity contribution in [1.82, 2.24) is 5.32 Å². The molecule has 0 saturated heterocycles. The van der Waals surface area contributed by atoms with E-state index in [2.05, 4.69) is 5.32 Å². The lowest BCUT2D eigenvalue weighted by Crippen LogP contribution is -2.25. The Bertz CT molecular complexity index is 481. The molecule has 0 aliphatic carbocycles. The van der Waals surface area contributed by atoms with Gasteiger partial charge in [-0.25, -0.2) is 0 Å². The standard InChI is InChI=1S/C13H15ClN2O2/c1-9-7-12(18-2)10(8-11(9)14)4-6-16-13(17)3-5-15/h7-8H,3-4,6H2,1-2H3,(H,16,17). The molecule has 0 aliphatic heterocycles. The van der Waals surface area contributed by atoms with Crippen LogP contribution in [0, 0.1) is 18.3 Å². The number of nitriles is 1. The number of hydrogen-bond donors (Lipinski definition) is 1. The van der Waals surface area contributed by atoms with E-state index in [9.17, 15) is 4.79 Å². The number of ether oxygens (including phenoxy) is 1. The van der Waals surface area contributed by atoms with Crippen LogP contribution < -0.4 is 10.1 Å². The molecule has 0 spiro atoms. The van der Waals surface area contributed by atoms with Crippen LogP contribution in [0.4, 0.5) is 0 Å². The SMILES string of the molecule is COc1cc(C)c(Cl)cc1CCNC(=O)CC#N. The van der Waals surface area contributed by atoms with Crippen LogP contribution in [0.5, 0.6) is 5.75 Å². The zero-order valence-corrected chi connectivity index (χ0v) is 11.2. The maximum absolute atomic E-state index is 11.1. The van der Waals surface area contributed by atoms with E-state index in [0.717, 1.165) is 16.9 Å². The van der Waals surface area contributed by atoms with Crippen molar-refractivity contribution in [3.63, 3.8) is 0 Å². The largest absolute Gasteiger partial charge is 0.496 e. The third-order valence-corrected chi connectivity index (χ3v) is 2.92. The second-order valence-electron chi connectivity index (χ2n) is 3.85. The molecule has 1 aromatic carbocycles. The smallest absolute Gasteiger partial charge is 0.234 e. The van der Waals surface area contributed by atoms with E-state index < -0.39 is 0 Å². The number of carbonyl (C=O) groups is 1. The van der Waals surface area contributed by atoms with Gasteiger partial charge in [0, 0.05) is 11.6 Å². The van der Waals surface area contributed by atoms with E-state index in [4.69, 9.17) is 21.6 Å². The highest BCUT2D eigenvalue weighted by molar-refractivity contribution is 6.31. The summed E-state index contributed by atoms with van der Waals surface area (Å²) in [7, 11) is 1.60. The first kappa shape index (κ1) is 14.3. The van der Waals surface area contributed by atoms with Crippen LogP contribution in [-0.2, 0) is 11.2 Å². The first-order valence-corrected chi connectivity index (χ1v) is 5.93. The predicted molar refractivity (Wildman–Crippen MR) is 69.7 cm³/mol. The zero-order chi connectivity index (χ0) is 13.5. The Morgan fingerprint density at radius 3 is 2.89 bits per heavy atom. The molecular weight excluding hydrogens is 252 g/mol. The summed E-state index contributed by atoms with van der Waals surface area (Å²) < 4.78 is 5.26. The Morgan fingerprint density at radius 1 is 1.56 bits per heavy atom. The van der Waals surface area contributed by atoms with Crippen LogP contribution in [-0.4, -0.2) is 19.6 Å². The number of rotatable bonds is 5. The number of nitrogens with one attached hydrogen (secondary N) is 1. The average Bonchev–Trinajstić information content (AvgIpc) is 2.33. The molecule has 0 fully saturated rings. The van der Waals surface area contributed by atoms with Crippen molar-refractivity contribution >= 4 is 17.5 Å². The molecule has 4 nitrogen and oxygen atoms in total. The molecule has 0 aliphatic rings. The van der Waals surface area contributed by atoms with Gasteiger partial charge in [-0.15, -0.1) is 0 Å². The lowest BCUT2D eigenvalue weighted by atomic mass is 10.1. The summed E-state index contributed by atoms with van der Waals surface area (Å²) in [5, 5.41) is 11.7. The summed E-state index contributed by atoms with van der Waals surface area (Å²) in [6, 6.07) is 5.51. The van der Waals surface area contributed by atoms with E-state index in [1.807, 2.05) is 19.1 Å². The number of hydrogen-bond acceptors (Lipinski definition) is 3. The van der Waals surface area contributed by atoms with Gasteiger partial charge in [-0.1, -0.05) is 11.6 Å². The summed E-state index contributed by atoms with van der Waals surface area (Å²) in [6.45, 7) is 2.36. The summed E-state index contributed by atoms with van der Waals surface area (Å²) in [5.74, 6) is 0.487. The molecule has 1 amide bonds. The van der Waals surface area contributed by atoms with E-state index >= 15 is 0 Å². The topological polar surface area (TPSA) is 62.1 Å². The minimum Gasteiger partial charge on any atom is -0.496 e. The molecule has 0 aromatic heterocycles. The third-order valence-electron chi connectivity index (χ3n) is 2.52. The minimum absolute atomic E-state index is 0.119. The van der Waals surface area contributed by atoms with Crippen LogP contribution in [0.15, 0.2) is 12.1 Å². The summed E-state index contributed by atoms with van der Waals surface area (Å²) in [4.78, 5) is 11.1. The fourth-order valence-electron chi connectivity index (χ4n) is 1.55. The van der Waals surface area contributed by atoms with Gasteiger partial charge in [0.25, 0.3) is 0 Å². The van der Waals surface area contributed by atoms with E-state index in [0.29, 0.717) is 18.0 Å². The van der Waals surface area contributed by atoms with E-state index in [1.54, 1.807) is 13.2 Å². The van der Waals surface area contributed by atoms with Crippen LogP contribution >= 0.6 is 11.6 Å². The molecule has 1 aromatic rings. The number of methoxy groups -OCH3 is 1. The first-order chi connectivity index (χ1) is 8.58. The molecule has 1 N–H and O–H groups in total. The monoisotopic (exact) mass is 266 g/mol. The number of carbonyl (C=O) groups excluding carboxylic acids is 1. The Balaban J connectivity index is 2.64. The van der Waals surface area contributed by atoms with Gasteiger partial charge in [-0.3, -0.25) is 4.79 Å². The number of halogens is 1. The quantitative estimate of drug-likeness (QED) is 0.889. The Hall–Kier alpha value is -1.73. The molecule has 1 rings (SSSR count). The van der Waals surface area contributed by atoms with Gasteiger partial charge < -0.3 is 10.1 Å². The van der Waals surface area contributed by atoms with Gasteiger partial charge in [0.2, 0.25) is 5.91 Å². The second kappa shape index (κ2) is 6.87. The molecular formula is C13H15ClN2O2. The average molecular weight is 267 g/mol. The summed E-state index contributed by atoms with van der Waals surface area (Å²) in [5.41, 5.74) is 1.89. The summed E-state index contributed by atoms with van der Waals surface area (Å²) >= 11 is 6.05. The molecule has 0 heterocycles. The van der Waals surface area contributed by atoms with Gasteiger partial charge in [0.1, 0.15) is 12.2 Å². The van der Waals surface area contributed by atoms with Crippen molar-refractivity contribution < 1.29 is 9.53 Å². The molecule has 0 radical (unpaired) electrons. The Morgan fingerprint density at radius 2 is 2.28 bits per heavy atom. The lowest BCUT2D eigenvalue weighted by Gasteiger charge is -2.11. The van der Waals surface area contributed by atoms with E-state index in [-0.39, 0.29) is 12.3 Å². The number of benzene rings is 1. The van der Waals surface area contributed by atoms with Crippen LogP contribution in [0.25, 0.3) is 0 Å². The third kappa shape index (κ3) is 3.94. The molecule has 96 valence electrons. The molecule has 0 unspecified atom stereocenters. The Kier molecular flexibility index (Phi) is 5.47. The van der Waals surface area contributed by atoms with Crippen molar-refractivity contribution in [3.8, 4) is 11.8 Å². The first-order valence-electron chi connectivity index (χ1n) is 5.55. The van der Waals surface area contributed by atoms with Crippen LogP contribution in [0.3, 0.4) is 0 Å². The van der Waals surface area contributed by atoms with Crippen molar-refractivity contribution in [1.29, 1.82) is 5.26 Å². The lowest BCUT2D eigenvalue weighted by molar-refractivity contribution is -0.120. The predicted octanol–water partition coefficient (Wildman–Crippen LogP) is 2.23.